The second-order valence-corrected chi connectivity index (χ2v) is 17.8. The van der Waals surface area contributed by atoms with E-state index in [9.17, 15) is 33.6 Å². The quantitative estimate of drug-likeness (QED) is 0.0360. The van der Waals surface area contributed by atoms with Crippen molar-refractivity contribution in [3.63, 3.8) is 0 Å². The van der Waals surface area contributed by atoms with Gasteiger partial charge in [-0.15, -0.1) is 11.3 Å². The fourth-order valence-corrected chi connectivity index (χ4v) is 8.62. The third-order valence-corrected chi connectivity index (χ3v) is 12.4. The number of hydrogen-bond donors (Lipinski definition) is 3. The topological polar surface area (TPSA) is 261 Å². The van der Waals surface area contributed by atoms with Crippen molar-refractivity contribution in [3.8, 4) is 0 Å². The van der Waals surface area contributed by atoms with Crippen LogP contribution in [0.3, 0.4) is 0 Å². The molecule has 3 fully saturated rings. The van der Waals surface area contributed by atoms with Crippen LogP contribution >= 0.6 is 39.5 Å². The molecular formula is C51H65BrN6O13S2. The molecule has 3 aliphatic rings. The molecule has 0 unspecified atom stereocenters. The summed E-state index contributed by atoms with van der Waals surface area (Å²) in [4.78, 5) is 89.3. The molecule has 0 aliphatic carbocycles. The molecule has 3 aliphatic heterocycles. The van der Waals surface area contributed by atoms with E-state index in [1.807, 2.05) is 91.0 Å². The van der Waals surface area contributed by atoms with Crippen molar-refractivity contribution in [1.82, 2.24) is 19.7 Å². The largest absolute Gasteiger partial charge is 0.461 e. The number of hydrogen-bond acceptors (Lipinski definition) is 16. The lowest BCUT2D eigenvalue weighted by atomic mass is 10.2. The van der Waals surface area contributed by atoms with Crippen LogP contribution in [0.5, 0.6) is 0 Å². The number of rotatable bonds is 14. The summed E-state index contributed by atoms with van der Waals surface area (Å²) in [6.45, 7) is 8.46. The number of likely N-dealkylation sites (tertiary alicyclic amines) is 3. The van der Waals surface area contributed by atoms with Gasteiger partial charge in [0.05, 0.1) is 35.6 Å². The predicted molar refractivity (Wildman–Crippen MR) is 280 cm³/mol. The van der Waals surface area contributed by atoms with Gasteiger partial charge in [-0.2, -0.15) is 0 Å². The summed E-state index contributed by atoms with van der Waals surface area (Å²) in [5, 5.41) is 10.0. The molecule has 7 rings (SSSR count). The third-order valence-electron chi connectivity index (χ3n) is 10.7. The van der Waals surface area contributed by atoms with Crippen LogP contribution in [0.1, 0.15) is 97.5 Å². The molecule has 19 nitrogen and oxygen atoms in total. The van der Waals surface area contributed by atoms with Gasteiger partial charge in [-0.3, -0.25) is 24.3 Å². The number of benzene rings is 3. The molecule has 5 N–H and O–H groups in total. The number of thiocarbonyl (C=S) groups is 1. The number of carbonyl (C=O) groups excluding carboxylic acids is 7. The highest BCUT2D eigenvalue weighted by molar-refractivity contribution is 9.09. The lowest BCUT2D eigenvalue weighted by Gasteiger charge is -2.22. The normalized spacial score (nSPS) is 16.2. The van der Waals surface area contributed by atoms with E-state index in [1.165, 1.54) is 16.2 Å². The maximum Gasteiger partial charge on any atom is 0.410 e. The van der Waals surface area contributed by atoms with Crippen molar-refractivity contribution in [2.45, 2.75) is 97.2 Å². The number of amides is 4. The zero-order valence-electron chi connectivity index (χ0n) is 41.3. The Hall–Kier alpha value is -6.49. The number of halogens is 1. The van der Waals surface area contributed by atoms with Crippen LogP contribution in [0.2, 0.25) is 0 Å². The predicted octanol–water partition coefficient (Wildman–Crippen LogP) is 7.65. The van der Waals surface area contributed by atoms with E-state index in [1.54, 1.807) is 36.0 Å². The summed E-state index contributed by atoms with van der Waals surface area (Å²) in [5.74, 6) is -2.21. The van der Waals surface area contributed by atoms with E-state index in [0.29, 0.717) is 43.3 Å². The van der Waals surface area contributed by atoms with Crippen LogP contribution in [-0.4, -0.2) is 129 Å². The van der Waals surface area contributed by atoms with Gasteiger partial charge in [-0.25, -0.2) is 29.0 Å². The number of ketones is 1. The van der Waals surface area contributed by atoms with Gasteiger partial charge < -0.3 is 40.3 Å². The van der Waals surface area contributed by atoms with E-state index in [4.69, 9.17) is 47.7 Å². The summed E-state index contributed by atoms with van der Waals surface area (Å²) >= 11 is 9.17. The standard InChI is InChI=1S/C18H20N2O4S.C13H16N2O3.C13H16N2O2S.C5H7BrO3.C2H6O/c1-2-23-17(21)14-12-25-16(19-14)15-9-6-10-20(15)18(22)24-11-13-7-4-3-5-8-13;14-12(16)11-7-4-8-15(11)13(17)18-9-10-5-2-1-3-6-10;14-12(18)11-7-4-8-15(11)13(16)17-9-10-5-2-1-3-6-10;1-2-9-5(8)4(7)3-6;1-2-3/h3-5,7-8,12,15H,2,6,9-11H2,1H3;1-3,5-6,11H,4,7-9H2,(H2,14,16);1-3,5-6,11H,4,7-9H2,(H2,14,18);2-3H2,1H3;3H,2H2,1H3/t15-;2*11-;;/m000../s1. The fraction of sp³-hybridized carbons (Fsp3) is 0.431. The maximum absolute atomic E-state index is 12.4. The Morgan fingerprint density at radius 1 is 0.644 bits per heavy atom. The summed E-state index contributed by atoms with van der Waals surface area (Å²) in [7, 11) is 0. The SMILES string of the molecule is CCO.CCOC(=O)C(=O)CBr.CCOC(=O)c1csc([C@@H]2CCCN2C(=O)OCc2ccccc2)n1.NC(=O)[C@@H]1CCCN1C(=O)OCc1ccccc1.NC(=S)[C@@H]1CCCN1C(=O)OCc1ccccc1. The third kappa shape index (κ3) is 21.3. The highest BCUT2D eigenvalue weighted by Crippen LogP contribution is 2.34. The van der Waals surface area contributed by atoms with E-state index in [0.717, 1.165) is 53.8 Å². The lowest BCUT2D eigenvalue weighted by molar-refractivity contribution is -0.152. The van der Waals surface area contributed by atoms with Gasteiger partial charge >= 0.3 is 30.2 Å². The van der Waals surface area contributed by atoms with Crippen LogP contribution in [-0.2, 0) is 57.9 Å². The molecule has 0 spiro atoms. The first kappa shape index (κ1) is 60.8. The Morgan fingerprint density at radius 2 is 1.05 bits per heavy atom. The number of ether oxygens (including phenoxy) is 5. The zero-order valence-corrected chi connectivity index (χ0v) is 44.5. The minimum Gasteiger partial charge on any atom is -0.461 e. The Balaban J connectivity index is 0.000000264. The molecule has 396 valence electrons. The molecule has 0 saturated carbocycles. The molecule has 4 amide bonds. The summed E-state index contributed by atoms with van der Waals surface area (Å²) in [5.41, 5.74) is 14.0. The van der Waals surface area contributed by atoms with E-state index < -0.39 is 35.8 Å². The van der Waals surface area contributed by atoms with E-state index in [-0.39, 0.29) is 62.6 Å². The molecule has 3 saturated heterocycles. The van der Waals surface area contributed by atoms with Gasteiger partial charge in [0.15, 0.2) is 5.69 Å². The summed E-state index contributed by atoms with van der Waals surface area (Å²) < 4.78 is 25.2. The van der Waals surface area contributed by atoms with Gasteiger partial charge in [0, 0.05) is 31.6 Å². The van der Waals surface area contributed by atoms with Crippen LogP contribution in [0.4, 0.5) is 14.4 Å². The summed E-state index contributed by atoms with van der Waals surface area (Å²) in [6, 6.07) is 27.8. The minimum absolute atomic E-state index is 0.0336. The molecule has 4 aromatic rings. The molecule has 0 bridgehead atoms. The van der Waals surface area contributed by atoms with Crippen molar-refractivity contribution >= 4 is 86.4 Å². The zero-order chi connectivity index (χ0) is 53.5. The molecule has 4 heterocycles. The monoisotopic (exact) mass is 1110 g/mol. The average molecular weight is 1110 g/mol. The average Bonchev–Trinajstić information content (AvgIpc) is 4.26. The van der Waals surface area contributed by atoms with Crippen molar-refractivity contribution in [2.75, 3.05) is 44.8 Å². The number of aliphatic hydroxyl groups is 1. The number of thiazole rings is 1. The Bertz CT molecular complexity index is 2270. The number of esters is 2. The van der Waals surface area contributed by atoms with Gasteiger partial charge in [0.2, 0.25) is 11.7 Å². The number of nitrogens with two attached hydrogens (primary N) is 2. The highest BCUT2D eigenvalue weighted by atomic mass is 79.9. The molecular weight excluding hydrogens is 1050 g/mol. The highest BCUT2D eigenvalue weighted by Gasteiger charge is 2.35. The Labute approximate surface area is 443 Å². The van der Waals surface area contributed by atoms with E-state index >= 15 is 0 Å². The number of primary amides is 1. The van der Waals surface area contributed by atoms with Gasteiger partial charge in [0.25, 0.3) is 0 Å². The molecule has 73 heavy (non-hydrogen) atoms. The Kier molecular flexibility index (Phi) is 28.3. The minimum atomic E-state index is -0.769. The molecule has 22 heteroatoms. The van der Waals surface area contributed by atoms with Crippen LogP contribution in [0.15, 0.2) is 96.4 Å². The molecule has 3 aromatic carbocycles. The van der Waals surface area contributed by atoms with Crippen molar-refractivity contribution < 1.29 is 62.4 Å². The number of aromatic nitrogens is 1. The Morgan fingerprint density at radius 3 is 1.48 bits per heavy atom. The molecule has 0 radical (unpaired) electrons. The first-order chi connectivity index (χ1) is 35.2. The van der Waals surface area contributed by atoms with Gasteiger partial charge in [-0.1, -0.05) is 119 Å². The van der Waals surface area contributed by atoms with Crippen LogP contribution < -0.4 is 11.5 Å². The number of nitrogens with zero attached hydrogens (tertiary/aromatic N) is 4. The van der Waals surface area contributed by atoms with Gasteiger partial charge in [-0.05, 0) is 76.0 Å². The van der Waals surface area contributed by atoms with Crippen molar-refractivity contribution in [3.05, 3.63) is 124 Å². The van der Waals surface area contributed by atoms with E-state index in [2.05, 4.69) is 25.7 Å². The second kappa shape index (κ2) is 34.0. The smallest absolute Gasteiger partial charge is 0.410 e. The van der Waals surface area contributed by atoms with Crippen LogP contribution in [0, 0.1) is 0 Å². The van der Waals surface area contributed by atoms with Crippen LogP contribution in [0.25, 0.3) is 0 Å². The number of carbonyl (C=O) groups is 7. The lowest BCUT2D eigenvalue weighted by Crippen LogP contribution is -2.43. The number of alkyl halides is 1. The first-order valence-corrected chi connectivity index (χ1v) is 26.1. The summed E-state index contributed by atoms with van der Waals surface area (Å²) in [6.07, 6.45) is 3.70. The molecule has 3 atom stereocenters. The second-order valence-electron chi connectivity index (χ2n) is 15.9. The van der Waals surface area contributed by atoms with Crippen molar-refractivity contribution in [1.29, 1.82) is 0 Å². The fourth-order valence-electron chi connectivity index (χ4n) is 7.22. The maximum atomic E-state index is 12.4. The van der Waals surface area contributed by atoms with Crippen molar-refractivity contribution in [2.24, 2.45) is 11.5 Å². The van der Waals surface area contributed by atoms with Gasteiger partial charge in [0.1, 0.15) is 30.9 Å². The molecule has 1 aromatic heterocycles. The number of aliphatic hydroxyl groups excluding tert-OH is 1. The number of Topliss-reactive ketones (excluding diaryl/α,β-unsaturated/α-hetero) is 1. The first-order valence-electron chi connectivity index (χ1n) is 23.7.